The van der Waals surface area contributed by atoms with Gasteiger partial charge in [0.05, 0.1) is 11.7 Å². The molecule has 1 aromatic rings. The van der Waals surface area contributed by atoms with Crippen LogP contribution in [0.15, 0.2) is 12.4 Å². The van der Waals surface area contributed by atoms with Crippen LogP contribution in [0.5, 0.6) is 0 Å². The van der Waals surface area contributed by atoms with Crippen molar-refractivity contribution in [1.29, 1.82) is 0 Å². The third-order valence-corrected chi connectivity index (χ3v) is 5.30. The average molecular weight is 358 g/mol. The van der Waals surface area contributed by atoms with Crippen molar-refractivity contribution in [3.63, 3.8) is 0 Å². The van der Waals surface area contributed by atoms with Crippen LogP contribution in [0.25, 0.3) is 0 Å². The highest BCUT2D eigenvalue weighted by atomic mass is 16.2. The van der Waals surface area contributed by atoms with Gasteiger partial charge in [0.25, 0.3) is 0 Å². The summed E-state index contributed by atoms with van der Waals surface area (Å²) in [5.41, 5.74) is 0.876. The molecule has 3 aliphatic rings. The first-order valence-electron chi connectivity index (χ1n) is 8.92. The van der Waals surface area contributed by atoms with Gasteiger partial charge in [-0.25, -0.2) is 9.78 Å². The van der Waals surface area contributed by atoms with Gasteiger partial charge in [-0.05, 0) is 25.7 Å². The number of amides is 4. The van der Waals surface area contributed by atoms with Gasteiger partial charge in [-0.2, -0.15) is 0 Å². The Morgan fingerprint density at radius 3 is 2.69 bits per heavy atom. The third kappa shape index (κ3) is 3.33. The van der Waals surface area contributed by atoms with Gasteiger partial charge in [-0.3, -0.25) is 19.9 Å². The van der Waals surface area contributed by atoms with Gasteiger partial charge in [0.1, 0.15) is 18.9 Å². The number of carbonyl (C=O) groups is 3. The van der Waals surface area contributed by atoms with Crippen molar-refractivity contribution >= 4 is 23.7 Å². The maximum absolute atomic E-state index is 12.4. The van der Waals surface area contributed by atoms with Gasteiger partial charge >= 0.3 is 6.03 Å². The fourth-order valence-corrected chi connectivity index (χ4v) is 3.90. The molecule has 9 heteroatoms. The van der Waals surface area contributed by atoms with Crippen LogP contribution in [0.3, 0.4) is 0 Å². The predicted octanol–water partition coefficient (Wildman–Crippen LogP) is -0.332. The largest absolute Gasteiger partial charge is 0.353 e. The summed E-state index contributed by atoms with van der Waals surface area (Å²) in [4.78, 5) is 47.4. The summed E-state index contributed by atoms with van der Waals surface area (Å²) in [6, 6.07) is -0.495. The fraction of sp³-hybridized carbons (Fsp3) is 0.588. The van der Waals surface area contributed by atoms with Crippen LogP contribution >= 0.6 is 0 Å². The highest BCUT2D eigenvalue weighted by molar-refractivity contribution is 6.03. The Balaban J connectivity index is 1.41. The molecule has 2 atom stereocenters. The lowest BCUT2D eigenvalue weighted by atomic mass is 9.98. The molecule has 138 valence electrons. The van der Waals surface area contributed by atoms with E-state index in [9.17, 15) is 14.4 Å². The minimum absolute atomic E-state index is 0.0118. The van der Waals surface area contributed by atoms with Crippen LogP contribution in [0, 0.1) is 18.8 Å². The first-order valence-corrected chi connectivity index (χ1v) is 8.92. The molecular formula is C17H22N6O3. The summed E-state index contributed by atoms with van der Waals surface area (Å²) in [7, 11) is 0. The first kappa shape index (κ1) is 16.7. The number of urea groups is 1. The number of nitrogens with zero attached hydrogens (tertiary/aromatic N) is 4. The van der Waals surface area contributed by atoms with Gasteiger partial charge in [0.15, 0.2) is 0 Å². The summed E-state index contributed by atoms with van der Waals surface area (Å²) in [5.74, 6) is 1.25. The van der Waals surface area contributed by atoms with Crippen molar-refractivity contribution in [2.45, 2.75) is 25.8 Å². The van der Waals surface area contributed by atoms with E-state index in [4.69, 9.17) is 0 Å². The monoisotopic (exact) mass is 358 g/mol. The first-order chi connectivity index (χ1) is 12.5. The highest BCUT2D eigenvalue weighted by Gasteiger charge is 2.44. The smallest absolute Gasteiger partial charge is 0.325 e. The topological polar surface area (TPSA) is 108 Å². The Bertz CT molecular complexity index is 750. The number of aryl methyl sites for hydroxylation is 1. The van der Waals surface area contributed by atoms with E-state index < -0.39 is 6.03 Å². The lowest BCUT2D eigenvalue weighted by Crippen LogP contribution is -2.46. The molecule has 0 radical (unpaired) electrons. The molecule has 0 aromatic carbocycles. The Hall–Kier alpha value is -2.71. The van der Waals surface area contributed by atoms with Gasteiger partial charge in [-0.15, -0.1) is 0 Å². The number of imide groups is 1. The van der Waals surface area contributed by atoms with Gasteiger partial charge < -0.3 is 15.1 Å². The number of carbonyl (C=O) groups excluding carboxylic acids is 3. The number of aromatic nitrogens is 2. The number of anilines is 1. The molecule has 9 nitrogen and oxygen atoms in total. The van der Waals surface area contributed by atoms with Crippen molar-refractivity contribution < 1.29 is 14.4 Å². The molecular weight excluding hydrogens is 336 g/mol. The predicted molar refractivity (Wildman–Crippen MR) is 92.2 cm³/mol. The quantitative estimate of drug-likeness (QED) is 0.698. The molecule has 1 saturated carbocycles. The number of rotatable bonds is 5. The van der Waals surface area contributed by atoms with Crippen LogP contribution < -0.4 is 15.5 Å². The fourth-order valence-electron chi connectivity index (χ4n) is 3.90. The van der Waals surface area contributed by atoms with Crippen molar-refractivity contribution in [2.24, 2.45) is 11.8 Å². The van der Waals surface area contributed by atoms with Crippen LogP contribution in [0.4, 0.5) is 10.6 Å². The molecule has 2 aliphatic heterocycles. The maximum atomic E-state index is 12.4. The Labute approximate surface area is 151 Å². The molecule has 1 aromatic heterocycles. The van der Waals surface area contributed by atoms with E-state index in [1.807, 2.05) is 6.92 Å². The van der Waals surface area contributed by atoms with E-state index in [0.29, 0.717) is 18.4 Å². The molecule has 3 heterocycles. The Morgan fingerprint density at radius 2 is 2.04 bits per heavy atom. The molecule has 0 spiro atoms. The zero-order chi connectivity index (χ0) is 18.3. The van der Waals surface area contributed by atoms with E-state index in [-0.39, 0.29) is 30.9 Å². The second kappa shape index (κ2) is 6.54. The molecule has 2 saturated heterocycles. The second-order valence-electron chi connectivity index (χ2n) is 7.26. The molecule has 0 unspecified atom stereocenters. The minimum atomic E-state index is -0.507. The van der Waals surface area contributed by atoms with Crippen LogP contribution in [-0.2, 0) is 9.59 Å². The maximum Gasteiger partial charge on any atom is 0.325 e. The molecule has 4 rings (SSSR count). The summed E-state index contributed by atoms with van der Waals surface area (Å²) >= 11 is 0. The van der Waals surface area contributed by atoms with E-state index >= 15 is 0 Å². The zero-order valence-electron chi connectivity index (χ0n) is 14.6. The minimum Gasteiger partial charge on any atom is -0.353 e. The number of nitrogens with one attached hydrogen (secondary N) is 2. The van der Waals surface area contributed by atoms with E-state index in [0.717, 1.165) is 18.1 Å². The molecule has 3 fully saturated rings. The normalized spacial score (nSPS) is 25.6. The third-order valence-electron chi connectivity index (χ3n) is 5.30. The average Bonchev–Trinajstić information content (AvgIpc) is 3.28. The van der Waals surface area contributed by atoms with Crippen LogP contribution in [0.2, 0.25) is 0 Å². The van der Waals surface area contributed by atoms with E-state index in [1.54, 1.807) is 12.4 Å². The number of hydrogen-bond donors (Lipinski definition) is 2. The zero-order valence-corrected chi connectivity index (χ0v) is 14.6. The highest BCUT2D eigenvalue weighted by Crippen LogP contribution is 2.42. The van der Waals surface area contributed by atoms with Crippen LogP contribution in [0.1, 0.15) is 18.5 Å². The lowest BCUT2D eigenvalue weighted by molar-refractivity contribution is -0.122. The summed E-state index contributed by atoms with van der Waals surface area (Å²) in [6.45, 7) is 3.29. The summed E-state index contributed by atoms with van der Waals surface area (Å²) in [5, 5.41) is 5.25. The second-order valence-corrected chi connectivity index (χ2v) is 7.26. The van der Waals surface area contributed by atoms with Crippen LogP contribution in [-0.4, -0.2) is 64.9 Å². The van der Waals surface area contributed by atoms with Crippen molar-refractivity contribution in [2.75, 3.05) is 31.1 Å². The van der Waals surface area contributed by atoms with E-state index in [2.05, 4.69) is 25.5 Å². The van der Waals surface area contributed by atoms with Gasteiger partial charge in [0.2, 0.25) is 11.8 Å². The van der Waals surface area contributed by atoms with Crippen molar-refractivity contribution in [3.8, 4) is 0 Å². The number of hydrogen-bond acceptors (Lipinski definition) is 6. The molecule has 1 aliphatic carbocycles. The van der Waals surface area contributed by atoms with Crippen molar-refractivity contribution in [1.82, 2.24) is 25.5 Å². The van der Waals surface area contributed by atoms with Gasteiger partial charge in [0, 0.05) is 31.4 Å². The Kier molecular flexibility index (Phi) is 4.21. The lowest BCUT2D eigenvalue weighted by Gasteiger charge is -2.21. The SMILES string of the molecule is Cc1nccnc1N1C[C@@H](NC(=O)CN2CC(=O)NC2=O)[C@H](C2CC2)C1. The molecule has 4 amide bonds. The summed E-state index contributed by atoms with van der Waals surface area (Å²) in [6.07, 6.45) is 5.74. The van der Waals surface area contributed by atoms with E-state index in [1.165, 1.54) is 17.7 Å². The standard InChI is InChI=1S/C17H22N6O3/c1-10-16(19-5-4-18-10)22-6-12(11-2-3-11)13(7-22)20-14(24)8-23-9-15(25)21-17(23)26/h4-5,11-13H,2-3,6-9H2,1H3,(H,20,24)(H,21,25,26)/t12-,13+/m0/s1. The molecule has 0 bridgehead atoms. The van der Waals surface area contributed by atoms with Gasteiger partial charge in [-0.1, -0.05) is 0 Å². The van der Waals surface area contributed by atoms with Crippen molar-refractivity contribution in [3.05, 3.63) is 18.1 Å². The molecule has 2 N–H and O–H groups in total. The molecule has 26 heavy (non-hydrogen) atoms. The summed E-state index contributed by atoms with van der Waals surface area (Å²) < 4.78 is 0. The Morgan fingerprint density at radius 1 is 1.27 bits per heavy atom.